The molecular weight excluding hydrogens is 140 g/mol. The van der Waals surface area contributed by atoms with Crippen LogP contribution in [0, 0.1) is 5.92 Å². The second kappa shape index (κ2) is 1.95. The molecule has 1 N–H and O–H groups in total. The standard InChI is InChI=1S/C5H10O3S/c1-4-2-3-5(4)9(6,7)8/h4-5H,2-3H2,1H3,(H,6,7,8). The van der Waals surface area contributed by atoms with Crippen LogP contribution in [-0.2, 0) is 10.1 Å². The van der Waals surface area contributed by atoms with Crippen LogP contribution in [0.1, 0.15) is 19.8 Å². The molecule has 4 heteroatoms. The maximum absolute atomic E-state index is 10.4. The summed E-state index contributed by atoms with van der Waals surface area (Å²) < 4.78 is 29.2. The van der Waals surface area contributed by atoms with Gasteiger partial charge >= 0.3 is 0 Å². The van der Waals surface area contributed by atoms with Gasteiger partial charge in [-0.2, -0.15) is 8.42 Å². The Morgan fingerprint density at radius 3 is 2.00 bits per heavy atom. The molecule has 54 valence electrons. The lowest BCUT2D eigenvalue weighted by atomic mass is 9.87. The minimum Gasteiger partial charge on any atom is -0.285 e. The summed E-state index contributed by atoms with van der Waals surface area (Å²) >= 11 is 0. The van der Waals surface area contributed by atoms with Gasteiger partial charge in [-0.15, -0.1) is 0 Å². The average Bonchev–Trinajstić information content (AvgIpc) is 1.57. The SMILES string of the molecule is CC1CCC1S(=O)(=O)O. The van der Waals surface area contributed by atoms with Crippen LogP contribution in [0.5, 0.6) is 0 Å². The molecule has 0 saturated heterocycles. The van der Waals surface area contributed by atoms with Gasteiger partial charge in [0.1, 0.15) is 0 Å². The molecule has 0 aromatic rings. The zero-order valence-electron chi connectivity index (χ0n) is 5.24. The molecule has 1 rings (SSSR count). The van der Waals surface area contributed by atoms with Crippen LogP contribution in [0.4, 0.5) is 0 Å². The van der Waals surface area contributed by atoms with Crippen molar-refractivity contribution in [2.75, 3.05) is 0 Å². The third-order valence-electron chi connectivity index (χ3n) is 1.92. The van der Waals surface area contributed by atoms with Crippen molar-refractivity contribution in [2.45, 2.75) is 25.0 Å². The van der Waals surface area contributed by atoms with Gasteiger partial charge in [0.15, 0.2) is 0 Å². The van der Waals surface area contributed by atoms with E-state index in [-0.39, 0.29) is 5.92 Å². The van der Waals surface area contributed by atoms with E-state index in [0.717, 1.165) is 6.42 Å². The normalized spacial score (nSPS) is 35.8. The predicted octanol–water partition coefficient (Wildman–Crippen LogP) is 0.673. The lowest BCUT2D eigenvalue weighted by Crippen LogP contribution is -2.36. The summed E-state index contributed by atoms with van der Waals surface area (Å²) in [6.45, 7) is 1.84. The highest BCUT2D eigenvalue weighted by atomic mass is 32.2. The van der Waals surface area contributed by atoms with Gasteiger partial charge in [-0.05, 0) is 18.8 Å². The van der Waals surface area contributed by atoms with E-state index in [2.05, 4.69) is 0 Å². The molecular formula is C5H10O3S. The quantitative estimate of drug-likeness (QED) is 0.559. The minimum atomic E-state index is -3.72. The molecule has 0 spiro atoms. The summed E-state index contributed by atoms with van der Waals surface area (Å²) in [4.78, 5) is 0. The summed E-state index contributed by atoms with van der Waals surface area (Å²) in [5.41, 5.74) is 0. The van der Waals surface area contributed by atoms with Crippen LogP contribution in [0.25, 0.3) is 0 Å². The minimum absolute atomic E-state index is 0.153. The molecule has 0 heterocycles. The molecule has 1 fully saturated rings. The zero-order valence-corrected chi connectivity index (χ0v) is 6.06. The molecule has 3 nitrogen and oxygen atoms in total. The van der Waals surface area contributed by atoms with Crippen molar-refractivity contribution in [3.8, 4) is 0 Å². The van der Waals surface area contributed by atoms with Gasteiger partial charge in [0.25, 0.3) is 10.1 Å². The molecule has 0 radical (unpaired) electrons. The Bertz CT molecular complexity index is 194. The summed E-state index contributed by atoms with van der Waals surface area (Å²) in [6.07, 6.45) is 1.55. The number of rotatable bonds is 1. The summed E-state index contributed by atoms with van der Waals surface area (Å²) in [6, 6.07) is 0. The van der Waals surface area contributed by atoms with Gasteiger partial charge in [0.2, 0.25) is 0 Å². The smallest absolute Gasteiger partial charge is 0.268 e. The summed E-state index contributed by atoms with van der Waals surface area (Å²) in [7, 11) is -3.72. The summed E-state index contributed by atoms with van der Waals surface area (Å²) in [5.74, 6) is 0.153. The van der Waals surface area contributed by atoms with Crippen LogP contribution < -0.4 is 0 Å². The van der Waals surface area contributed by atoms with Crippen LogP contribution >= 0.6 is 0 Å². The second-order valence-corrected chi connectivity index (χ2v) is 4.24. The number of hydrogen-bond acceptors (Lipinski definition) is 2. The first-order valence-corrected chi connectivity index (χ1v) is 4.48. The molecule has 0 bridgehead atoms. The monoisotopic (exact) mass is 150 g/mol. The molecule has 1 aliphatic carbocycles. The van der Waals surface area contributed by atoms with Gasteiger partial charge in [-0.1, -0.05) is 6.92 Å². The van der Waals surface area contributed by atoms with Crippen molar-refractivity contribution in [1.82, 2.24) is 0 Å². The molecule has 0 aromatic carbocycles. The van der Waals surface area contributed by atoms with E-state index in [1.807, 2.05) is 6.92 Å². The fourth-order valence-electron chi connectivity index (χ4n) is 1.08. The number of hydrogen-bond donors (Lipinski definition) is 1. The first kappa shape index (κ1) is 7.02. The lowest BCUT2D eigenvalue weighted by Gasteiger charge is -2.30. The third kappa shape index (κ3) is 1.24. The fourth-order valence-corrected chi connectivity index (χ4v) is 2.24. The maximum atomic E-state index is 10.4. The van der Waals surface area contributed by atoms with Crippen LogP contribution in [-0.4, -0.2) is 18.2 Å². The van der Waals surface area contributed by atoms with Crippen LogP contribution in [0.15, 0.2) is 0 Å². The van der Waals surface area contributed by atoms with Crippen molar-refractivity contribution < 1.29 is 13.0 Å². The van der Waals surface area contributed by atoms with Gasteiger partial charge in [0.05, 0.1) is 5.25 Å². The van der Waals surface area contributed by atoms with E-state index in [1.54, 1.807) is 0 Å². The van der Waals surface area contributed by atoms with Crippen LogP contribution in [0.2, 0.25) is 0 Å². The van der Waals surface area contributed by atoms with Gasteiger partial charge in [-0.3, -0.25) is 4.55 Å². The highest BCUT2D eigenvalue weighted by molar-refractivity contribution is 7.86. The first-order chi connectivity index (χ1) is 4.02. The zero-order chi connectivity index (χ0) is 7.07. The van der Waals surface area contributed by atoms with Crippen molar-refractivity contribution in [1.29, 1.82) is 0 Å². The molecule has 0 aliphatic heterocycles. The Morgan fingerprint density at radius 1 is 1.44 bits per heavy atom. The summed E-state index contributed by atoms with van der Waals surface area (Å²) in [5, 5.41) is -0.475. The van der Waals surface area contributed by atoms with Gasteiger partial charge in [-0.25, -0.2) is 0 Å². The van der Waals surface area contributed by atoms with E-state index < -0.39 is 15.4 Å². The Balaban J connectivity index is 2.66. The van der Waals surface area contributed by atoms with E-state index in [9.17, 15) is 8.42 Å². The molecule has 2 unspecified atom stereocenters. The van der Waals surface area contributed by atoms with E-state index in [4.69, 9.17) is 4.55 Å². The Kier molecular flexibility index (Phi) is 1.52. The average molecular weight is 150 g/mol. The van der Waals surface area contributed by atoms with E-state index in [1.165, 1.54) is 0 Å². The third-order valence-corrected chi connectivity index (χ3v) is 3.39. The highest BCUT2D eigenvalue weighted by Crippen LogP contribution is 2.31. The van der Waals surface area contributed by atoms with Gasteiger partial charge in [0, 0.05) is 0 Å². The molecule has 0 aromatic heterocycles. The Morgan fingerprint density at radius 2 is 2.00 bits per heavy atom. The largest absolute Gasteiger partial charge is 0.285 e. The topological polar surface area (TPSA) is 54.4 Å². The van der Waals surface area contributed by atoms with E-state index >= 15 is 0 Å². The van der Waals surface area contributed by atoms with Crippen molar-refractivity contribution >= 4 is 10.1 Å². The van der Waals surface area contributed by atoms with Crippen molar-refractivity contribution in [3.63, 3.8) is 0 Å². The predicted molar refractivity (Wildman–Crippen MR) is 33.7 cm³/mol. The second-order valence-electron chi connectivity index (χ2n) is 2.61. The Hall–Kier alpha value is -0.0900. The fraction of sp³-hybridized carbons (Fsp3) is 1.00. The van der Waals surface area contributed by atoms with Crippen molar-refractivity contribution in [3.05, 3.63) is 0 Å². The first-order valence-electron chi connectivity index (χ1n) is 2.98. The van der Waals surface area contributed by atoms with E-state index in [0.29, 0.717) is 6.42 Å². The molecule has 1 saturated carbocycles. The molecule has 2 atom stereocenters. The van der Waals surface area contributed by atoms with Crippen LogP contribution in [0.3, 0.4) is 0 Å². The van der Waals surface area contributed by atoms with Gasteiger partial charge < -0.3 is 0 Å². The Labute approximate surface area is 54.8 Å². The molecule has 1 aliphatic rings. The molecule has 0 amide bonds. The highest BCUT2D eigenvalue weighted by Gasteiger charge is 2.36. The maximum Gasteiger partial charge on any atom is 0.268 e. The molecule has 9 heavy (non-hydrogen) atoms. The lowest BCUT2D eigenvalue weighted by molar-refractivity contribution is 0.320. The van der Waals surface area contributed by atoms with Crippen molar-refractivity contribution in [2.24, 2.45) is 5.92 Å².